The van der Waals surface area contributed by atoms with E-state index < -0.39 is 6.10 Å². The van der Waals surface area contributed by atoms with Crippen LogP contribution >= 0.6 is 0 Å². The van der Waals surface area contributed by atoms with Crippen LogP contribution in [0, 0.1) is 6.92 Å². The summed E-state index contributed by atoms with van der Waals surface area (Å²) in [7, 11) is 1.96. The monoisotopic (exact) mass is 391 g/mol. The van der Waals surface area contributed by atoms with Crippen LogP contribution in [0.1, 0.15) is 30.0 Å². The summed E-state index contributed by atoms with van der Waals surface area (Å²) < 4.78 is 0. The molecule has 0 saturated carbocycles. The summed E-state index contributed by atoms with van der Waals surface area (Å²) in [5.41, 5.74) is 4.14. The van der Waals surface area contributed by atoms with E-state index in [1.807, 2.05) is 74.5 Å². The number of hydrogen-bond acceptors (Lipinski definition) is 3. The fraction of sp³-hybridized carbons (Fsp3) is 0.304. The predicted octanol–water partition coefficient (Wildman–Crippen LogP) is 3.52. The van der Waals surface area contributed by atoms with Crippen LogP contribution in [0.4, 0.5) is 0 Å². The maximum atomic E-state index is 10.5. The van der Waals surface area contributed by atoms with Crippen molar-refractivity contribution in [1.82, 2.24) is 20.2 Å². The minimum absolute atomic E-state index is 0.295. The first-order chi connectivity index (χ1) is 14.1. The van der Waals surface area contributed by atoms with Crippen molar-refractivity contribution in [3.63, 3.8) is 0 Å². The molecule has 0 aliphatic heterocycles. The number of rotatable bonds is 7. The van der Waals surface area contributed by atoms with Gasteiger partial charge in [0.25, 0.3) is 0 Å². The average Bonchev–Trinajstić information content (AvgIpc) is 3.20. The van der Waals surface area contributed by atoms with Gasteiger partial charge in [0, 0.05) is 13.6 Å². The minimum atomic E-state index is -0.633. The zero-order chi connectivity index (χ0) is 20.6. The maximum absolute atomic E-state index is 10.5. The predicted molar refractivity (Wildman–Crippen MR) is 118 cm³/mol. The van der Waals surface area contributed by atoms with Crippen LogP contribution in [0.5, 0.6) is 0 Å². The second-order valence-electron chi connectivity index (χ2n) is 7.09. The molecule has 0 fully saturated rings. The lowest BCUT2D eigenvalue weighted by molar-refractivity contribution is 0.186. The summed E-state index contributed by atoms with van der Waals surface area (Å²) in [5.74, 6) is 1.59. The van der Waals surface area contributed by atoms with Gasteiger partial charge in [-0.05, 0) is 25.0 Å². The molecule has 1 aromatic heterocycles. The molecule has 3 aromatic rings. The Labute approximate surface area is 172 Å². The first-order valence-corrected chi connectivity index (χ1v) is 9.90. The van der Waals surface area contributed by atoms with E-state index in [1.165, 1.54) is 5.56 Å². The van der Waals surface area contributed by atoms with Gasteiger partial charge in [-0.1, -0.05) is 60.2 Å². The number of aliphatic hydroxyl groups is 1. The van der Waals surface area contributed by atoms with E-state index >= 15 is 0 Å². The molecule has 0 radical (unpaired) electrons. The summed E-state index contributed by atoms with van der Waals surface area (Å²) in [6.07, 6.45) is 1.22. The van der Waals surface area contributed by atoms with Crippen LogP contribution in [-0.4, -0.2) is 46.1 Å². The van der Waals surface area contributed by atoms with Gasteiger partial charge < -0.3 is 20.3 Å². The van der Waals surface area contributed by atoms with Gasteiger partial charge in [-0.25, -0.2) is 4.98 Å². The number of aromatic amines is 1. The lowest BCUT2D eigenvalue weighted by atomic mass is 10.1. The number of aromatic nitrogens is 2. The molecule has 0 aliphatic rings. The molecule has 0 spiro atoms. The highest BCUT2D eigenvalue weighted by molar-refractivity contribution is 5.79. The van der Waals surface area contributed by atoms with Gasteiger partial charge in [-0.2, -0.15) is 0 Å². The van der Waals surface area contributed by atoms with Crippen molar-refractivity contribution >= 4 is 5.96 Å². The molecule has 0 amide bonds. The number of nitrogens with zero attached hydrogens (tertiary/aromatic N) is 3. The molecule has 1 heterocycles. The van der Waals surface area contributed by atoms with Gasteiger partial charge in [-0.15, -0.1) is 0 Å². The fourth-order valence-electron chi connectivity index (χ4n) is 3.04. The molecule has 0 bridgehead atoms. The molecular formula is C23H29N5O. The third kappa shape index (κ3) is 5.68. The Bertz CT molecular complexity index is 918. The molecule has 6 nitrogen and oxygen atoms in total. The summed E-state index contributed by atoms with van der Waals surface area (Å²) in [6.45, 7) is 5.68. The van der Waals surface area contributed by atoms with Crippen LogP contribution in [0.2, 0.25) is 0 Å². The lowest BCUT2D eigenvalue weighted by Gasteiger charge is -2.21. The van der Waals surface area contributed by atoms with E-state index in [4.69, 9.17) is 0 Å². The van der Waals surface area contributed by atoms with Crippen molar-refractivity contribution in [2.24, 2.45) is 4.99 Å². The van der Waals surface area contributed by atoms with Crippen LogP contribution in [-0.2, 0) is 6.54 Å². The molecule has 3 rings (SSSR count). The first kappa shape index (κ1) is 20.6. The smallest absolute Gasteiger partial charge is 0.194 e. The van der Waals surface area contributed by atoms with Gasteiger partial charge in [-0.3, -0.25) is 4.99 Å². The second kappa shape index (κ2) is 9.89. The van der Waals surface area contributed by atoms with Gasteiger partial charge in [0.1, 0.15) is 5.82 Å². The summed E-state index contributed by atoms with van der Waals surface area (Å²) >= 11 is 0. The highest BCUT2D eigenvalue weighted by atomic mass is 16.3. The van der Waals surface area contributed by atoms with Crippen molar-refractivity contribution in [1.29, 1.82) is 0 Å². The van der Waals surface area contributed by atoms with Crippen LogP contribution in [0.3, 0.4) is 0 Å². The molecular weight excluding hydrogens is 362 g/mol. The number of aliphatic imine (C=N–C) groups is 1. The zero-order valence-corrected chi connectivity index (χ0v) is 17.3. The zero-order valence-electron chi connectivity index (χ0n) is 17.3. The highest BCUT2D eigenvalue weighted by Gasteiger charge is 2.12. The normalized spacial score (nSPS) is 12.6. The van der Waals surface area contributed by atoms with Gasteiger partial charge in [0.2, 0.25) is 0 Å². The number of hydrogen-bond donors (Lipinski definition) is 3. The number of benzene rings is 2. The van der Waals surface area contributed by atoms with E-state index in [-0.39, 0.29) is 0 Å². The van der Waals surface area contributed by atoms with Crippen LogP contribution in [0.15, 0.2) is 65.8 Å². The molecule has 1 unspecified atom stereocenters. The summed E-state index contributed by atoms with van der Waals surface area (Å²) in [6, 6.07) is 18.0. The number of nitrogens with one attached hydrogen (secondary N) is 2. The molecule has 2 aromatic carbocycles. The number of H-pyrrole nitrogens is 1. The Morgan fingerprint density at radius 2 is 1.90 bits per heavy atom. The number of imidazole rings is 1. The SMILES string of the molecule is CCNC(=NCC(O)c1ccc(C)cc1)N(C)Cc1ncc(-c2ccccc2)[nH]1. The maximum Gasteiger partial charge on any atom is 0.194 e. The molecule has 1 atom stereocenters. The van der Waals surface area contributed by atoms with E-state index in [1.54, 1.807) is 0 Å². The van der Waals surface area contributed by atoms with E-state index in [9.17, 15) is 5.11 Å². The molecule has 3 N–H and O–H groups in total. The topological polar surface area (TPSA) is 76.5 Å². The largest absolute Gasteiger partial charge is 0.386 e. The Balaban J connectivity index is 1.66. The quantitative estimate of drug-likeness (QED) is 0.425. The average molecular weight is 392 g/mol. The van der Waals surface area contributed by atoms with Crippen LogP contribution in [0.25, 0.3) is 11.3 Å². The third-order valence-electron chi connectivity index (χ3n) is 4.67. The lowest BCUT2D eigenvalue weighted by Crippen LogP contribution is -2.39. The van der Waals surface area contributed by atoms with E-state index in [2.05, 4.69) is 32.4 Å². The Morgan fingerprint density at radius 1 is 1.17 bits per heavy atom. The van der Waals surface area contributed by atoms with Crippen molar-refractivity contribution in [2.75, 3.05) is 20.1 Å². The Kier molecular flexibility index (Phi) is 7.03. The van der Waals surface area contributed by atoms with Crippen molar-refractivity contribution in [2.45, 2.75) is 26.5 Å². The van der Waals surface area contributed by atoms with E-state index in [0.29, 0.717) is 13.1 Å². The van der Waals surface area contributed by atoms with Gasteiger partial charge >= 0.3 is 0 Å². The minimum Gasteiger partial charge on any atom is -0.386 e. The van der Waals surface area contributed by atoms with Crippen molar-refractivity contribution in [3.05, 3.63) is 77.7 Å². The first-order valence-electron chi connectivity index (χ1n) is 9.90. The van der Waals surface area contributed by atoms with Crippen molar-refractivity contribution in [3.8, 4) is 11.3 Å². The molecule has 0 saturated heterocycles. The number of guanidine groups is 1. The standard InChI is InChI=1S/C23H29N5O/c1-4-24-23(26-15-21(29)19-12-10-17(2)11-13-19)28(3)16-22-25-14-20(27-22)18-8-6-5-7-9-18/h5-14,21,29H,4,15-16H2,1-3H3,(H,24,26)(H,25,27). The molecule has 0 aliphatic carbocycles. The second-order valence-corrected chi connectivity index (χ2v) is 7.09. The molecule has 29 heavy (non-hydrogen) atoms. The Hall–Kier alpha value is -3.12. The molecule has 152 valence electrons. The van der Waals surface area contributed by atoms with E-state index in [0.717, 1.165) is 35.1 Å². The van der Waals surface area contributed by atoms with Crippen molar-refractivity contribution < 1.29 is 5.11 Å². The third-order valence-corrected chi connectivity index (χ3v) is 4.67. The van der Waals surface area contributed by atoms with Gasteiger partial charge in [0.15, 0.2) is 5.96 Å². The highest BCUT2D eigenvalue weighted by Crippen LogP contribution is 2.17. The number of aliphatic hydroxyl groups excluding tert-OH is 1. The number of aryl methyl sites for hydroxylation is 1. The fourth-order valence-corrected chi connectivity index (χ4v) is 3.04. The Morgan fingerprint density at radius 3 is 2.59 bits per heavy atom. The van der Waals surface area contributed by atoms with Crippen LogP contribution < -0.4 is 5.32 Å². The molecule has 6 heteroatoms. The summed E-state index contributed by atoms with van der Waals surface area (Å²) in [5, 5.41) is 13.7. The van der Waals surface area contributed by atoms with Gasteiger partial charge in [0.05, 0.1) is 31.1 Å². The summed E-state index contributed by atoms with van der Waals surface area (Å²) in [4.78, 5) is 14.5.